The molecule has 1 fully saturated rings. The van der Waals surface area contributed by atoms with Crippen LogP contribution in [0.1, 0.15) is 41.6 Å². The van der Waals surface area contributed by atoms with Crippen molar-refractivity contribution in [2.75, 3.05) is 17.7 Å². The van der Waals surface area contributed by atoms with E-state index in [1.54, 1.807) is 12.4 Å². The first-order chi connectivity index (χ1) is 13.0. The second kappa shape index (κ2) is 8.30. The Balaban J connectivity index is 1.91. The summed E-state index contributed by atoms with van der Waals surface area (Å²) in [6.07, 6.45) is 7.49. The van der Waals surface area contributed by atoms with Gasteiger partial charge in [0.15, 0.2) is 11.6 Å². The van der Waals surface area contributed by atoms with Gasteiger partial charge in [0.2, 0.25) is 0 Å². The normalized spacial score (nSPS) is 19.5. The van der Waals surface area contributed by atoms with Gasteiger partial charge in [-0.3, -0.25) is 9.78 Å². The van der Waals surface area contributed by atoms with Crippen molar-refractivity contribution >= 4 is 23.2 Å². The maximum atomic E-state index is 14.6. The number of primary amides is 1. The Morgan fingerprint density at radius 3 is 2.59 bits per heavy atom. The molecule has 0 saturated heterocycles. The van der Waals surface area contributed by atoms with Crippen LogP contribution in [0.5, 0.6) is 0 Å². The molecule has 2 unspecified atom stereocenters. The lowest BCUT2D eigenvalue weighted by Crippen LogP contribution is -2.45. The molecule has 27 heavy (non-hydrogen) atoms. The molecule has 1 amide bonds. The third kappa shape index (κ3) is 4.51. The van der Waals surface area contributed by atoms with E-state index >= 15 is 0 Å². The summed E-state index contributed by atoms with van der Waals surface area (Å²) >= 11 is 0. The first-order valence-electron chi connectivity index (χ1n) is 9.10. The zero-order valence-electron chi connectivity index (χ0n) is 15.6. The monoisotopic (exact) mass is 372 g/mol. The zero-order chi connectivity index (χ0) is 19.4. The fourth-order valence-electron chi connectivity index (χ4n) is 3.46. The highest BCUT2D eigenvalue weighted by Crippen LogP contribution is 2.27. The largest absolute Gasteiger partial charge is 0.365 e. The fraction of sp³-hybridized carbons (Fsp3) is 0.421. The minimum absolute atomic E-state index is 0.00614. The minimum Gasteiger partial charge on any atom is -0.365 e. The van der Waals surface area contributed by atoms with Gasteiger partial charge >= 0.3 is 0 Å². The van der Waals surface area contributed by atoms with Crippen molar-refractivity contribution in [2.45, 2.75) is 44.7 Å². The number of hydrogen-bond acceptors (Lipinski definition) is 6. The van der Waals surface area contributed by atoms with Crippen molar-refractivity contribution in [3.8, 4) is 0 Å². The number of carbonyl (C=O) groups is 1. The molecule has 2 aromatic heterocycles. The predicted octanol–water partition coefficient (Wildman–Crippen LogP) is 2.71. The van der Waals surface area contributed by atoms with E-state index in [-0.39, 0.29) is 29.3 Å². The highest BCUT2D eigenvalue weighted by atomic mass is 19.1. The van der Waals surface area contributed by atoms with Crippen LogP contribution in [0.15, 0.2) is 24.5 Å². The summed E-state index contributed by atoms with van der Waals surface area (Å²) in [5.41, 5.74) is 7.00. The molecule has 1 saturated carbocycles. The first kappa shape index (κ1) is 19.0. The number of nitrogens with zero attached hydrogens (tertiary/aromatic N) is 2. The quantitative estimate of drug-likeness (QED) is 0.621. The summed E-state index contributed by atoms with van der Waals surface area (Å²) in [5.74, 6) is -1.04. The van der Waals surface area contributed by atoms with E-state index in [0.717, 1.165) is 37.3 Å². The van der Waals surface area contributed by atoms with Crippen molar-refractivity contribution in [3.05, 3.63) is 41.5 Å². The minimum atomic E-state index is -0.748. The third-order valence-electron chi connectivity index (χ3n) is 4.84. The summed E-state index contributed by atoms with van der Waals surface area (Å²) in [4.78, 5) is 20.2. The number of pyridine rings is 2. The van der Waals surface area contributed by atoms with Crippen LogP contribution in [0, 0.1) is 12.7 Å². The van der Waals surface area contributed by atoms with E-state index in [4.69, 9.17) is 5.73 Å². The van der Waals surface area contributed by atoms with Gasteiger partial charge in [-0.15, -0.1) is 0 Å². The second-order valence-corrected chi connectivity index (χ2v) is 6.89. The van der Waals surface area contributed by atoms with E-state index in [1.807, 2.05) is 20.0 Å². The molecule has 144 valence electrons. The maximum Gasteiger partial charge on any atom is 0.252 e. The van der Waals surface area contributed by atoms with Crippen molar-refractivity contribution in [1.82, 2.24) is 15.3 Å². The van der Waals surface area contributed by atoms with Gasteiger partial charge in [0.05, 0.1) is 17.4 Å². The lowest BCUT2D eigenvalue weighted by atomic mass is 9.90. The Morgan fingerprint density at radius 1 is 1.19 bits per heavy atom. The number of halogens is 1. The van der Waals surface area contributed by atoms with Crippen molar-refractivity contribution in [2.24, 2.45) is 5.73 Å². The summed E-state index contributed by atoms with van der Waals surface area (Å²) < 4.78 is 14.6. The van der Waals surface area contributed by atoms with Crippen LogP contribution in [0.4, 0.5) is 21.7 Å². The Kier molecular flexibility index (Phi) is 5.85. The molecule has 7 nitrogen and oxygen atoms in total. The molecule has 1 aliphatic rings. The number of carbonyl (C=O) groups excluding carboxylic acids is 1. The van der Waals surface area contributed by atoms with E-state index in [1.165, 1.54) is 0 Å². The number of hydrogen-bond donors (Lipinski definition) is 4. The lowest BCUT2D eigenvalue weighted by molar-refractivity contribution is 0.100. The van der Waals surface area contributed by atoms with Crippen molar-refractivity contribution in [3.63, 3.8) is 0 Å². The molecule has 0 aliphatic heterocycles. The molecule has 0 spiro atoms. The molecule has 0 aromatic carbocycles. The standard InChI is InChI=1S/C19H25FN6O/c1-11-7-12(10-23-9-11)24-18-13(17(21)27)8-14(20)19(26-18)25-16-6-4-3-5-15(16)22-2/h7-10,15-16,22H,3-6H2,1-2H3,(H2,21,27)(H2,24,25,26). The number of nitrogens with two attached hydrogens (primary N) is 1. The van der Waals surface area contributed by atoms with Crippen molar-refractivity contribution < 1.29 is 9.18 Å². The van der Waals surface area contributed by atoms with Gasteiger partial charge in [0.1, 0.15) is 5.82 Å². The third-order valence-corrected chi connectivity index (χ3v) is 4.84. The number of aryl methyl sites for hydroxylation is 1. The Morgan fingerprint density at radius 2 is 1.93 bits per heavy atom. The van der Waals surface area contributed by atoms with Crippen LogP contribution in [0.3, 0.4) is 0 Å². The molecule has 8 heteroatoms. The SMILES string of the molecule is CNC1CCCCC1Nc1nc(Nc2cncc(C)c2)c(C(N)=O)cc1F. The van der Waals surface area contributed by atoms with Gasteiger partial charge < -0.3 is 21.7 Å². The van der Waals surface area contributed by atoms with Crippen LogP contribution in [-0.4, -0.2) is 35.0 Å². The fourth-order valence-corrected chi connectivity index (χ4v) is 3.46. The van der Waals surface area contributed by atoms with Crippen LogP contribution in [0.2, 0.25) is 0 Å². The molecule has 2 aromatic rings. The van der Waals surface area contributed by atoms with Gasteiger partial charge in [-0.25, -0.2) is 9.37 Å². The van der Waals surface area contributed by atoms with Gasteiger partial charge in [-0.1, -0.05) is 12.8 Å². The highest BCUT2D eigenvalue weighted by molar-refractivity contribution is 5.98. The smallest absolute Gasteiger partial charge is 0.252 e. The van der Waals surface area contributed by atoms with Crippen LogP contribution >= 0.6 is 0 Å². The topological polar surface area (TPSA) is 105 Å². The molecule has 5 N–H and O–H groups in total. The molecule has 0 bridgehead atoms. The van der Waals surface area contributed by atoms with Crippen LogP contribution < -0.4 is 21.7 Å². The number of anilines is 3. The number of nitrogens with one attached hydrogen (secondary N) is 3. The first-order valence-corrected chi connectivity index (χ1v) is 9.10. The predicted molar refractivity (Wildman–Crippen MR) is 104 cm³/mol. The van der Waals surface area contributed by atoms with Gasteiger partial charge in [-0.05, 0) is 44.5 Å². The van der Waals surface area contributed by atoms with E-state index in [0.29, 0.717) is 5.69 Å². The maximum absolute atomic E-state index is 14.6. The van der Waals surface area contributed by atoms with Gasteiger partial charge in [0, 0.05) is 18.3 Å². The molecule has 1 aliphatic carbocycles. The molecule has 2 heterocycles. The average Bonchev–Trinajstić information content (AvgIpc) is 2.64. The highest BCUT2D eigenvalue weighted by Gasteiger charge is 2.26. The second-order valence-electron chi connectivity index (χ2n) is 6.89. The van der Waals surface area contributed by atoms with Crippen molar-refractivity contribution in [1.29, 1.82) is 0 Å². The molecule has 3 rings (SSSR count). The lowest BCUT2D eigenvalue weighted by Gasteiger charge is -2.32. The summed E-state index contributed by atoms with van der Waals surface area (Å²) in [5, 5.41) is 9.50. The zero-order valence-corrected chi connectivity index (χ0v) is 15.6. The molecule has 0 radical (unpaired) electrons. The van der Waals surface area contributed by atoms with Crippen LogP contribution in [-0.2, 0) is 0 Å². The Labute approximate surface area is 158 Å². The van der Waals surface area contributed by atoms with Crippen LogP contribution in [0.25, 0.3) is 0 Å². The van der Waals surface area contributed by atoms with Gasteiger partial charge in [-0.2, -0.15) is 0 Å². The number of likely N-dealkylation sites (N-methyl/N-ethyl adjacent to an activating group) is 1. The van der Waals surface area contributed by atoms with E-state index in [9.17, 15) is 9.18 Å². The summed E-state index contributed by atoms with van der Waals surface area (Å²) in [6.45, 7) is 1.90. The number of aromatic nitrogens is 2. The Bertz CT molecular complexity index is 828. The average molecular weight is 372 g/mol. The number of amides is 1. The van der Waals surface area contributed by atoms with E-state index in [2.05, 4.69) is 25.9 Å². The summed E-state index contributed by atoms with van der Waals surface area (Å²) in [6, 6.07) is 3.29. The summed E-state index contributed by atoms with van der Waals surface area (Å²) in [7, 11) is 1.91. The molecular formula is C19H25FN6O. The molecular weight excluding hydrogens is 347 g/mol. The molecule has 2 atom stereocenters. The number of rotatable bonds is 6. The Hall–Kier alpha value is -2.74. The van der Waals surface area contributed by atoms with E-state index < -0.39 is 11.7 Å². The van der Waals surface area contributed by atoms with Gasteiger partial charge in [0.25, 0.3) is 5.91 Å².